The summed E-state index contributed by atoms with van der Waals surface area (Å²) in [6, 6.07) is 0.928. The largest absolute Gasteiger partial charge is 0.385 e. The average Bonchev–Trinajstić information content (AvgIpc) is 2.92. The van der Waals surface area contributed by atoms with Gasteiger partial charge in [-0.05, 0) is 26.2 Å². The third-order valence-corrected chi connectivity index (χ3v) is 7.10. The van der Waals surface area contributed by atoms with Crippen molar-refractivity contribution in [1.29, 1.82) is 0 Å². The van der Waals surface area contributed by atoms with Gasteiger partial charge in [-0.3, -0.25) is 10.1 Å². The first kappa shape index (κ1) is 15.2. The van der Waals surface area contributed by atoms with Crippen molar-refractivity contribution in [2.75, 3.05) is 5.73 Å². The molecule has 2 atom stereocenters. The molecule has 0 bridgehead atoms. The molecule has 1 aliphatic rings. The maximum Gasteiger partial charge on any atom is 0.304 e. The minimum atomic E-state index is -3.72. The van der Waals surface area contributed by atoms with Gasteiger partial charge < -0.3 is 5.73 Å². The van der Waals surface area contributed by atoms with Gasteiger partial charge in [0.05, 0.1) is 4.92 Å². The molecule has 0 saturated carbocycles. The van der Waals surface area contributed by atoms with Gasteiger partial charge in [0.15, 0.2) is 5.00 Å². The van der Waals surface area contributed by atoms with Crippen LogP contribution in [0.2, 0.25) is 0 Å². The van der Waals surface area contributed by atoms with E-state index in [0.29, 0.717) is 0 Å². The number of nitrogens with zero attached hydrogens (tertiary/aromatic N) is 2. The third kappa shape index (κ3) is 2.40. The van der Waals surface area contributed by atoms with E-state index in [1.54, 1.807) is 0 Å². The number of hydrogen-bond acceptors (Lipinski definition) is 6. The van der Waals surface area contributed by atoms with Gasteiger partial charge in [0, 0.05) is 18.2 Å². The summed E-state index contributed by atoms with van der Waals surface area (Å²) in [5, 5.41) is 10.7. The van der Waals surface area contributed by atoms with E-state index in [4.69, 9.17) is 5.73 Å². The lowest BCUT2D eigenvalue weighted by Crippen LogP contribution is -2.39. The minimum Gasteiger partial charge on any atom is -0.385 e. The van der Waals surface area contributed by atoms with Crippen LogP contribution >= 0.6 is 11.3 Å². The molecule has 0 aliphatic carbocycles. The van der Waals surface area contributed by atoms with Gasteiger partial charge in [0.25, 0.3) is 10.0 Å². The Labute approximate surface area is 121 Å². The smallest absolute Gasteiger partial charge is 0.304 e. The molecule has 1 aliphatic heterocycles. The summed E-state index contributed by atoms with van der Waals surface area (Å²) >= 11 is 0.758. The molecular weight excluding hydrogens is 302 g/mol. The Morgan fingerprint density at radius 2 is 2.20 bits per heavy atom. The molecule has 0 amide bonds. The highest BCUT2D eigenvalue weighted by molar-refractivity contribution is 7.91. The van der Waals surface area contributed by atoms with E-state index in [0.717, 1.165) is 36.7 Å². The maximum absolute atomic E-state index is 12.7. The molecule has 0 radical (unpaired) electrons. The highest BCUT2D eigenvalue weighted by Crippen LogP contribution is 2.39. The number of thiophene rings is 1. The molecule has 112 valence electrons. The normalized spacial score (nSPS) is 24.1. The summed E-state index contributed by atoms with van der Waals surface area (Å²) in [5.74, 6) is 0. The van der Waals surface area contributed by atoms with E-state index in [1.807, 2.05) is 13.8 Å². The van der Waals surface area contributed by atoms with E-state index in [-0.39, 0.29) is 27.0 Å². The van der Waals surface area contributed by atoms with Crippen molar-refractivity contribution in [2.24, 2.45) is 0 Å². The van der Waals surface area contributed by atoms with Crippen molar-refractivity contribution in [3.05, 3.63) is 16.2 Å². The van der Waals surface area contributed by atoms with Crippen LogP contribution in [-0.2, 0) is 10.0 Å². The molecule has 0 spiro atoms. The molecule has 1 aromatic heterocycles. The van der Waals surface area contributed by atoms with E-state index in [9.17, 15) is 18.5 Å². The SMILES string of the molecule is CCC1CCC(C)N1S(=O)(=O)c1cc([N+](=O)[O-])c(N)s1. The molecule has 9 heteroatoms. The van der Waals surface area contributed by atoms with Gasteiger partial charge in [-0.1, -0.05) is 18.3 Å². The van der Waals surface area contributed by atoms with Gasteiger partial charge in [0.2, 0.25) is 0 Å². The Morgan fingerprint density at radius 1 is 1.55 bits per heavy atom. The molecule has 7 nitrogen and oxygen atoms in total. The van der Waals surface area contributed by atoms with Crippen LogP contribution in [0.25, 0.3) is 0 Å². The first-order valence-corrected chi connectivity index (χ1v) is 8.62. The fraction of sp³-hybridized carbons (Fsp3) is 0.636. The van der Waals surface area contributed by atoms with Crippen LogP contribution in [0.15, 0.2) is 10.3 Å². The number of nitrogen functional groups attached to an aromatic ring is 1. The fourth-order valence-electron chi connectivity index (χ4n) is 2.61. The van der Waals surface area contributed by atoms with Crippen LogP contribution in [0.5, 0.6) is 0 Å². The molecule has 2 unspecified atom stereocenters. The highest BCUT2D eigenvalue weighted by atomic mass is 32.2. The lowest BCUT2D eigenvalue weighted by Gasteiger charge is -2.26. The second-order valence-corrected chi connectivity index (χ2v) is 8.05. The summed E-state index contributed by atoms with van der Waals surface area (Å²) in [5.41, 5.74) is 5.19. The zero-order chi connectivity index (χ0) is 15.1. The molecule has 2 heterocycles. The first-order chi connectivity index (χ1) is 9.28. The number of nitro groups is 1. The molecule has 2 N–H and O–H groups in total. The maximum atomic E-state index is 12.7. The van der Waals surface area contributed by atoms with E-state index >= 15 is 0 Å². The quantitative estimate of drug-likeness (QED) is 0.676. The average molecular weight is 319 g/mol. The molecule has 20 heavy (non-hydrogen) atoms. The third-order valence-electron chi connectivity index (χ3n) is 3.63. The second kappa shape index (κ2) is 5.30. The zero-order valence-electron chi connectivity index (χ0n) is 11.3. The number of rotatable bonds is 4. The molecule has 1 fully saturated rings. The standard InChI is InChI=1S/C11H17N3O4S2/c1-3-8-5-4-7(2)13(8)20(17,18)10-6-9(14(15)16)11(12)19-10/h6-8H,3-5,12H2,1-2H3. The Kier molecular flexibility index (Phi) is 4.03. The van der Waals surface area contributed by atoms with Crippen molar-refractivity contribution in [1.82, 2.24) is 4.31 Å². The topological polar surface area (TPSA) is 107 Å². The predicted molar refractivity (Wildman–Crippen MR) is 77.2 cm³/mol. The molecular formula is C11H17N3O4S2. The van der Waals surface area contributed by atoms with Crippen molar-refractivity contribution in [3.8, 4) is 0 Å². The molecule has 1 saturated heterocycles. The first-order valence-electron chi connectivity index (χ1n) is 6.36. The Morgan fingerprint density at radius 3 is 2.70 bits per heavy atom. The summed E-state index contributed by atoms with van der Waals surface area (Å²) < 4.78 is 26.7. The van der Waals surface area contributed by atoms with Crippen LogP contribution in [0.1, 0.15) is 33.1 Å². The van der Waals surface area contributed by atoms with Crippen LogP contribution in [-0.4, -0.2) is 29.7 Å². The summed E-state index contributed by atoms with van der Waals surface area (Å²) in [6.45, 7) is 3.80. The monoisotopic (exact) mass is 319 g/mol. The second-order valence-electron chi connectivity index (χ2n) is 4.90. The highest BCUT2D eigenvalue weighted by Gasteiger charge is 2.40. The minimum absolute atomic E-state index is 0.0441. The summed E-state index contributed by atoms with van der Waals surface area (Å²) in [7, 11) is -3.72. The van der Waals surface area contributed by atoms with Crippen LogP contribution in [0.3, 0.4) is 0 Å². The zero-order valence-corrected chi connectivity index (χ0v) is 12.9. The fourth-order valence-corrected chi connectivity index (χ4v) is 5.88. The molecule has 2 rings (SSSR count). The van der Waals surface area contributed by atoms with Crippen molar-refractivity contribution in [2.45, 2.75) is 49.4 Å². The lowest BCUT2D eigenvalue weighted by atomic mass is 10.2. The van der Waals surface area contributed by atoms with Crippen molar-refractivity contribution < 1.29 is 13.3 Å². The number of anilines is 1. The van der Waals surface area contributed by atoms with Crippen LogP contribution in [0.4, 0.5) is 10.7 Å². The van der Waals surface area contributed by atoms with Crippen molar-refractivity contribution in [3.63, 3.8) is 0 Å². The van der Waals surface area contributed by atoms with Crippen LogP contribution in [0, 0.1) is 10.1 Å². The number of sulfonamides is 1. The Balaban J connectivity index is 2.44. The summed E-state index contributed by atoms with van der Waals surface area (Å²) in [6.07, 6.45) is 2.35. The van der Waals surface area contributed by atoms with Gasteiger partial charge in [-0.25, -0.2) is 8.42 Å². The summed E-state index contributed by atoms with van der Waals surface area (Å²) in [4.78, 5) is 10.1. The van der Waals surface area contributed by atoms with Gasteiger partial charge in [0.1, 0.15) is 4.21 Å². The molecule has 0 aromatic carbocycles. The number of hydrogen-bond donors (Lipinski definition) is 1. The molecule has 1 aromatic rings. The van der Waals surface area contributed by atoms with Crippen LogP contribution < -0.4 is 5.73 Å². The Bertz CT molecular complexity index is 626. The number of nitrogens with two attached hydrogens (primary N) is 1. The van der Waals surface area contributed by atoms with Gasteiger partial charge in [-0.15, -0.1) is 0 Å². The van der Waals surface area contributed by atoms with E-state index < -0.39 is 14.9 Å². The Hall–Kier alpha value is -1.19. The van der Waals surface area contributed by atoms with E-state index in [1.165, 1.54) is 4.31 Å². The van der Waals surface area contributed by atoms with Crippen molar-refractivity contribution >= 4 is 32.0 Å². The van der Waals surface area contributed by atoms with Gasteiger partial charge >= 0.3 is 5.69 Å². The van der Waals surface area contributed by atoms with Gasteiger partial charge in [-0.2, -0.15) is 4.31 Å². The lowest BCUT2D eigenvalue weighted by molar-refractivity contribution is -0.383. The van der Waals surface area contributed by atoms with E-state index in [2.05, 4.69) is 0 Å². The predicted octanol–water partition coefficient (Wildman–Crippen LogP) is 2.19.